The maximum absolute atomic E-state index is 13.5. The van der Waals surface area contributed by atoms with Crippen LogP contribution in [0.4, 0.5) is 4.39 Å². The molecule has 0 saturated heterocycles. The molecule has 2 rings (SSSR count). The molecular formula is C16H12BrFN2O5. The molecule has 130 valence electrons. The number of amides is 2. The molecule has 0 bridgehead atoms. The van der Waals surface area contributed by atoms with Crippen molar-refractivity contribution in [3.05, 3.63) is 64.3 Å². The molecule has 0 aliphatic heterocycles. The number of nitrogens with one attached hydrogen (secondary N) is 2. The number of furan rings is 1. The Morgan fingerprint density at radius 3 is 2.76 bits per heavy atom. The highest BCUT2D eigenvalue weighted by Crippen LogP contribution is 2.16. The summed E-state index contributed by atoms with van der Waals surface area (Å²) < 4.78 is 23.6. The van der Waals surface area contributed by atoms with Gasteiger partial charge in [-0.15, -0.1) is 0 Å². The van der Waals surface area contributed by atoms with Gasteiger partial charge in [-0.3, -0.25) is 20.4 Å². The number of hydrogen-bond donors (Lipinski definition) is 2. The lowest BCUT2D eigenvalue weighted by Crippen LogP contribution is -2.43. The summed E-state index contributed by atoms with van der Waals surface area (Å²) >= 11 is 3.19. The van der Waals surface area contributed by atoms with Gasteiger partial charge in [-0.25, -0.2) is 9.18 Å². The molecule has 0 spiro atoms. The van der Waals surface area contributed by atoms with E-state index < -0.39 is 30.2 Å². The van der Waals surface area contributed by atoms with Crippen LogP contribution in [0.3, 0.4) is 0 Å². The van der Waals surface area contributed by atoms with Gasteiger partial charge in [0.25, 0.3) is 5.91 Å². The fourth-order valence-electron chi connectivity index (χ4n) is 1.62. The maximum atomic E-state index is 13.5. The van der Waals surface area contributed by atoms with Gasteiger partial charge in [0.2, 0.25) is 0 Å². The molecule has 0 aliphatic carbocycles. The first-order valence-electron chi connectivity index (χ1n) is 6.88. The van der Waals surface area contributed by atoms with Crippen LogP contribution < -0.4 is 10.9 Å². The van der Waals surface area contributed by atoms with Crippen molar-refractivity contribution in [2.45, 2.75) is 0 Å². The molecule has 1 heterocycles. The third-order valence-electron chi connectivity index (χ3n) is 2.76. The minimum Gasteiger partial charge on any atom is -0.459 e. The van der Waals surface area contributed by atoms with Gasteiger partial charge in [0.15, 0.2) is 12.4 Å². The van der Waals surface area contributed by atoms with Crippen LogP contribution >= 0.6 is 15.9 Å². The Kier molecular flexibility index (Phi) is 6.47. The third-order valence-corrected chi connectivity index (χ3v) is 3.26. The summed E-state index contributed by atoms with van der Waals surface area (Å²) in [5, 5.41) is 0. The van der Waals surface area contributed by atoms with Crippen LogP contribution in [0.2, 0.25) is 0 Å². The molecule has 0 aliphatic rings. The van der Waals surface area contributed by atoms with E-state index >= 15 is 0 Å². The largest absolute Gasteiger partial charge is 0.459 e. The predicted molar refractivity (Wildman–Crippen MR) is 88.4 cm³/mol. The SMILES string of the molecule is O=C(COC(=O)/C=C/c1cc(Br)ccc1F)NNC(=O)c1ccco1. The average molecular weight is 411 g/mol. The number of ether oxygens (including phenoxy) is 1. The average Bonchev–Trinajstić information content (AvgIpc) is 3.13. The van der Waals surface area contributed by atoms with E-state index in [1.807, 2.05) is 0 Å². The van der Waals surface area contributed by atoms with Crippen LogP contribution in [0, 0.1) is 5.82 Å². The molecule has 2 N–H and O–H groups in total. The van der Waals surface area contributed by atoms with Crippen molar-refractivity contribution in [3.8, 4) is 0 Å². The molecule has 2 aromatic rings. The van der Waals surface area contributed by atoms with Gasteiger partial charge >= 0.3 is 11.9 Å². The topological polar surface area (TPSA) is 97.6 Å². The highest BCUT2D eigenvalue weighted by molar-refractivity contribution is 9.10. The molecule has 0 saturated carbocycles. The maximum Gasteiger partial charge on any atom is 0.331 e. The van der Waals surface area contributed by atoms with Crippen LogP contribution in [-0.2, 0) is 14.3 Å². The molecule has 2 amide bonds. The third kappa shape index (κ3) is 5.88. The quantitative estimate of drug-likeness (QED) is 0.447. The van der Waals surface area contributed by atoms with Gasteiger partial charge in [-0.05, 0) is 36.4 Å². The zero-order chi connectivity index (χ0) is 18.2. The smallest absolute Gasteiger partial charge is 0.331 e. The molecule has 0 radical (unpaired) electrons. The predicted octanol–water partition coefficient (Wildman–Crippen LogP) is 2.20. The minimum atomic E-state index is -0.841. The van der Waals surface area contributed by atoms with E-state index in [9.17, 15) is 18.8 Å². The Morgan fingerprint density at radius 1 is 1.24 bits per heavy atom. The summed E-state index contributed by atoms with van der Waals surface area (Å²) in [7, 11) is 0. The molecule has 1 aromatic heterocycles. The monoisotopic (exact) mass is 410 g/mol. The molecule has 9 heteroatoms. The molecule has 0 fully saturated rings. The summed E-state index contributed by atoms with van der Waals surface area (Å²) in [6.45, 7) is -0.622. The van der Waals surface area contributed by atoms with E-state index in [-0.39, 0.29) is 11.3 Å². The summed E-state index contributed by atoms with van der Waals surface area (Å²) in [5.74, 6) is -2.75. The summed E-state index contributed by atoms with van der Waals surface area (Å²) in [6, 6.07) is 7.17. The number of benzene rings is 1. The van der Waals surface area contributed by atoms with Crippen LogP contribution in [0.15, 0.2) is 51.6 Å². The second-order valence-electron chi connectivity index (χ2n) is 4.59. The van der Waals surface area contributed by atoms with Crippen molar-refractivity contribution in [1.82, 2.24) is 10.9 Å². The summed E-state index contributed by atoms with van der Waals surface area (Å²) in [5.41, 5.74) is 4.32. The van der Waals surface area contributed by atoms with Crippen molar-refractivity contribution in [2.24, 2.45) is 0 Å². The zero-order valence-electron chi connectivity index (χ0n) is 12.6. The fourth-order valence-corrected chi connectivity index (χ4v) is 2.00. The number of hydrazine groups is 1. The molecule has 25 heavy (non-hydrogen) atoms. The van der Waals surface area contributed by atoms with Gasteiger partial charge in [-0.2, -0.15) is 0 Å². The van der Waals surface area contributed by atoms with E-state index in [1.165, 1.54) is 42.7 Å². The number of esters is 1. The first-order chi connectivity index (χ1) is 12.0. The normalized spacial score (nSPS) is 10.5. The highest BCUT2D eigenvalue weighted by atomic mass is 79.9. The molecule has 7 nitrogen and oxygen atoms in total. The molecule has 0 unspecified atom stereocenters. The van der Waals surface area contributed by atoms with Crippen molar-refractivity contribution in [2.75, 3.05) is 6.61 Å². The van der Waals surface area contributed by atoms with E-state index in [1.54, 1.807) is 0 Å². The van der Waals surface area contributed by atoms with Gasteiger partial charge in [0.05, 0.1) is 6.26 Å². The van der Waals surface area contributed by atoms with Gasteiger partial charge < -0.3 is 9.15 Å². The van der Waals surface area contributed by atoms with Gasteiger partial charge in [0.1, 0.15) is 5.82 Å². The second kappa shape index (κ2) is 8.78. The van der Waals surface area contributed by atoms with Gasteiger partial charge in [0, 0.05) is 16.1 Å². The van der Waals surface area contributed by atoms with E-state index in [4.69, 9.17) is 4.42 Å². The van der Waals surface area contributed by atoms with Crippen LogP contribution in [0.5, 0.6) is 0 Å². The van der Waals surface area contributed by atoms with Crippen LogP contribution in [0.25, 0.3) is 6.08 Å². The highest BCUT2D eigenvalue weighted by Gasteiger charge is 2.10. The molecule has 1 aromatic carbocycles. The van der Waals surface area contributed by atoms with Crippen molar-refractivity contribution < 1.29 is 27.9 Å². The van der Waals surface area contributed by atoms with E-state index in [2.05, 4.69) is 31.5 Å². The van der Waals surface area contributed by atoms with Crippen LogP contribution in [-0.4, -0.2) is 24.4 Å². The lowest BCUT2D eigenvalue weighted by molar-refractivity contribution is -0.144. The Bertz CT molecular complexity index is 805. The van der Waals surface area contributed by atoms with Crippen molar-refractivity contribution in [3.63, 3.8) is 0 Å². The van der Waals surface area contributed by atoms with E-state index in [0.717, 1.165) is 6.08 Å². The lowest BCUT2D eigenvalue weighted by atomic mass is 10.2. The second-order valence-corrected chi connectivity index (χ2v) is 5.50. The summed E-state index contributed by atoms with van der Waals surface area (Å²) in [4.78, 5) is 34.5. The Morgan fingerprint density at radius 2 is 2.04 bits per heavy atom. The molecular weight excluding hydrogens is 399 g/mol. The summed E-state index contributed by atoms with van der Waals surface area (Å²) in [6.07, 6.45) is 3.51. The lowest BCUT2D eigenvalue weighted by Gasteiger charge is -2.05. The first-order valence-corrected chi connectivity index (χ1v) is 7.67. The number of carbonyl (C=O) groups is 3. The zero-order valence-corrected chi connectivity index (χ0v) is 14.2. The minimum absolute atomic E-state index is 0.0104. The Hall–Kier alpha value is -2.94. The number of halogens is 2. The Labute approximate surface area is 149 Å². The molecule has 0 atom stereocenters. The first kappa shape index (κ1) is 18.4. The number of hydrogen-bond acceptors (Lipinski definition) is 5. The van der Waals surface area contributed by atoms with E-state index in [0.29, 0.717) is 4.47 Å². The van der Waals surface area contributed by atoms with Crippen molar-refractivity contribution >= 4 is 39.8 Å². The standard InChI is InChI=1S/C16H12BrFN2O5/c17-11-4-5-12(18)10(8-11)3-6-15(22)25-9-14(21)19-20-16(23)13-2-1-7-24-13/h1-8H,9H2,(H,19,21)(H,20,23)/b6-3+. The van der Waals surface area contributed by atoms with Gasteiger partial charge in [-0.1, -0.05) is 15.9 Å². The fraction of sp³-hybridized carbons (Fsp3) is 0.0625. The number of rotatable bonds is 5. The van der Waals surface area contributed by atoms with Crippen LogP contribution in [0.1, 0.15) is 16.1 Å². The number of carbonyl (C=O) groups excluding carboxylic acids is 3. The van der Waals surface area contributed by atoms with Crippen molar-refractivity contribution in [1.29, 1.82) is 0 Å². The Balaban J connectivity index is 1.75.